The Morgan fingerprint density at radius 2 is 2.05 bits per heavy atom. The molecular formula is C14H16N4OS2. The van der Waals surface area contributed by atoms with E-state index in [4.69, 9.17) is 0 Å². The van der Waals surface area contributed by atoms with E-state index in [1.165, 1.54) is 16.6 Å². The van der Waals surface area contributed by atoms with Gasteiger partial charge in [-0.3, -0.25) is 4.79 Å². The van der Waals surface area contributed by atoms with Crippen LogP contribution in [0.3, 0.4) is 0 Å². The second-order valence-electron chi connectivity index (χ2n) is 4.46. The van der Waals surface area contributed by atoms with Crippen molar-refractivity contribution < 1.29 is 4.79 Å². The number of rotatable bonds is 5. The minimum absolute atomic E-state index is 0.174. The second kappa shape index (κ2) is 7.33. The first kappa shape index (κ1) is 15.7. The number of carbonyl (C=O) groups is 1. The van der Waals surface area contributed by atoms with Crippen LogP contribution in [0.4, 0.5) is 0 Å². The Kier molecular flexibility index (Phi) is 5.46. The average Bonchev–Trinajstić information content (AvgIpc) is 2.81. The molecule has 0 bridgehead atoms. The molecule has 0 aromatic carbocycles. The summed E-state index contributed by atoms with van der Waals surface area (Å²) in [5.74, 6) is 0.0660. The normalized spacial score (nSPS) is 11.0. The maximum atomic E-state index is 11.7. The fourth-order valence-corrected chi connectivity index (χ4v) is 3.10. The summed E-state index contributed by atoms with van der Waals surface area (Å²) >= 11 is 2.93. The quantitative estimate of drug-likeness (QED) is 0.398. The Hall–Kier alpha value is -1.73. The number of hydrogen-bond donors (Lipinski definition) is 1. The summed E-state index contributed by atoms with van der Waals surface area (Å²) in [6.45, 7) is 5.85. The van der Waals surface area contributed by atoms with Crippen LogP contribution in [0.1, 0.15) is 21.1 Å². The molecule has 7 heteroatoms. The number of aromatic nitrogens is 2. The number of amides is 1. The van der Waals surface area contributed by atoms with Gasteiger partial charge in [-0.15, -0.1) is 11.3 Å². The van der Waals surface area contributed by atoms with Gasteiger partial charge in [0.1, 0.15) is 0 Å². The summed E-state index contributed by atoms with van der Waals surface area (Å²) in [6, 6.07) is 5.88. The monoisotopic (exact) mass is 320 g/mol. The van der Waals surface area contributed by atoms with Gasteiger partial charge in [0.05, 0.1) is 12.0 Å². The summed E-state index contributed by atoms with van der Waals surface area (Å²) < 4.78 is 0. The Morgan fingerprint density at radius 1 is 1.33 bits per heavy atom. The number of hydrazone groups is 1. The minimum atomic E-state index is -0.174. The number of carbonyl (C=O) groups excluding carboxylic acids is 1. The van der Waals surface area contributed by atoms with Gasteiger partial charge in [0.15, 0.2) is 5.16 Å². The second-order valence-corrected chi connectivity index (χ2v) is 6.73. The highest BCUT2D eigenvalue weighted by Crippen LogP contribution is 2.14. The standard InChI is InChI=1S/C14H16N4OS2/c1-9-6-10(2)17-14(16-9)20-8-13(19)18-15-7-12-5-4-11(3)21-12/h4-7H,8H2,1-3H3,(H,18,19)/b15-7-. The van der Waals surface area contributed by atoms with Crippen LogP contribution >= 0.6 is 23.1 Å². The van der Waals surface area contributed by atoms with Crippen LogP contribution in [-0.2, 0) is 4.79 Å². The first-order valence-corrected chi connectivity index (χ1v) is 8.16. The predicted molar refractivity (Wildman–Crippen MR) is 87.0 cm³/mol. The fraction of sp³-hybridized carbons (Fsp3) is 0.286. The van der Waals surface area contributed by atoms with E-state index in [1.54, 1.807) is 17.6 Å². The Bertz CT molecular complexity index is 646. The van der Waals surface area contributed by atoms with Gasteiger partial charge in [-0.25, -0.2) is 15.4 Å². The van der Waals surface area contributed by atoms with Crippen molar-refractivity contribution in [1.82, 2.24) is 15.4 Å². The lowest BCUT2D eigenvalue weighted by Crippen LogP contribution is -2.19. The van der Waals surface area contributed by atoms with Gasteiger partial charge >= 0.3 is 0 Å². The molecule has 0 aliphatic carbocycles. The highest BCUT2D eigenvalue weighted by Gasteiger charge is 2.05. The molecule has 0 fully saturated rings. The van der Waals surface area contributed by atoms with Gasteiger partial charge in [0.25, 0.3) is 5.91 Å². The van der Waals surface area contributed by atoms with Crippen molar-refractivity contribution in [3.8, 4) is 0 Å². The van der Waals surface area contributed by atoms with Crippen LogP contribution in [0.5, 0.6) is 0 Å². The molecule has 0 spiro atoms. The molecule has 0 aliphatic rings. The third-order valence-corrected chi connectivity index (χ3v) is 4.22. The largest absolute Gasteiger partial charge is 0.272 e. The van der Waals surface area contributed by atoms with Gasteiger partial charge in [-0.1, -0.05) is 11.8 Å². The summed E-state index contributed by atoms with van der Waals surface area (Å²) in [5, 5.41) is 4.55. The Labute approximate surface area is 131 Å². The van der Waals surface area contributed by atoms with Crippen LogP contribution in [0.25, 0.3) is 0 Å². The van der Waals surface area contributed by atoms with Crippen LogP contribution in [0.15, 0.2) is 28.5 Å². The predicted octanol–water partition coefficient (Wildman–Crippen LogP) is 2.71. The molecule has 0 saturated heterocycles. The number of aryl methyl sites for hydroxylation is 3. The lowest BCUT2D eigenvalue weighted by atomic mass is 10.4. The van der Waals surface area contributed by atoms with Gasteiger partial charge in [-0.05, 0) is 39.0 Å². The van der Waals surface area contributed by atoms with E-state index in [9.17, 15) is 4.79 Å². The molecule has 5 nitrogen and oxygen atoms in total. The number of hydrogen-bond acceptors (Lipinski definition) is 6. The van der Waals surface area contributed by atoms with Gasteiger partial charge in [0, 0.05) is 21.1 Å². The number of nitrogens with zero attached hydrogens (tertiary/aromatic N) is 3. The zero-order chi connectivity index (χ0) is 15.2. The van der Waals surface area contributed by atoms with Crippen molar-refractivity contribution in [2.45, 2.75) is 25.9 Å². The van der Waals surface area contributed by atoms with Crippen molar-refractivity contribution in [3.63, 3.8) is 0 Å². The first-order valence-electron chi connectivity index (χ1n) is 6.36. The van der Waals surface area contributed by atoms with E-state index < -0.39 is 0 Å². The van der Waals surface area contributed by atoms with E-state index in [2.05, 4.69) is 20.5 Å². The smallest absolute Gasteiger partial charge is 0.250 e. The maximum absolute atomic E-state index is 11.7. The van der Waals surface area contributed by atoms with E-state index >= 15 is 0 Å². The molecule has 2 rings (SSSR count). The van der Waals surface area contributed by atoms with Crippen LogP contribution in [0, 0.1) is 20.8 Å². The minimum Gasteiger partial charge on any atom is -0.272 e. The molecule has 21 heavy (non-hydrogen) atoms. The van der Waals surface area contributed by atoms with Crippen molar-refractivity contribution in [3.05, 3.63) is 39.3 Å². The number of thiophene rings is 1. The van der Waals surface area contributed by atoms with Gasteiger partial charge in [-0.2, -0.15) is 5.10 Å². The van der Waals surface area contributed by atoms with Crippen LogP contribution in [0.2, 0.25) is 0 Å². The lowest BCUT2D eigenvalue weighted by Gasteiger charge is -2.02. The molecule has 2 aromatic heterocycles. The number of thioether (sulfide) groups is 1. The summed E-state index contributed by atoms with van der Waals surface area (Å²) in [6.07, 6.45) is 1.65. The Balaban J connectivity index is 1.80. The molecule has 0 atom stereocenters. The molecule has 2 aromatic rings. The van der Waals surface area contributed by atoms with Crippen molar-refractivity contribution in [2.24, 2.45) is 5.10 Å². The summed E-state index contributed by atoms with van der Waals surface area (Å²) in [7, 11) is 0. The SMILES string of the molecule is Cc1cc(C)nc(SCC(=O)N/N=C\c2ccc(C)s2)n1. The zero-order valence-electron chi connectivity index (χ0n) is 12.1. The third kappa shape index (κ3) is 5.28. The third-order valence-electron chi connectivity index (χ3n) is 2.44. The summed E-state index contributed by atoms with van der Waals surface area (Å²) in [5.41, 5.74) is 4.30. The van der Waals surface area contributed by atoms with Crippen LogP contribution < -0.4 is 5.43 Å². The molecule has 0 radical (unpaired) electrons. The molecule has 1 amide bonds. The molecule has 0 unspecified atom stereocenters. The highest BCUT2D eigenvalue weighted by atomic mass is 32.2. The van der Waals surface area contributed by atoms with Crippen LogP contribution in [-0.4, -0.2) is 27.8 Å². The van der Waals surface area contributed by atoms with Crippen molar-refractivity contribution >= 4 is 35.2 Å². The molecule has 1 N–H and O–H groups in total. The highest BCUT2D eigenvalue weighted by molar-refractivity contribution is 7.99. The first-order chi connectivity index (χ1) is 10.0. The average molecular weight is 320 g/mol. The molecule has 2 heterocycles. The maximum Gasteiger partial charge on any atom is 0.250 e. The molecule has 110 valence electrons. The van der Waals surface area contributed by atoms with E-state index in [0.29, 0.717) is 5.16 Å². The lowest BCUT2D eigenvalue weighted by molar-refractivity contribution is -0.118. The van der Waals surface area contributed by atoms with Gasteiger partial charge in [0.2, 0.25) is 0 Å². The van der Waals surface area contributed by atoms with Gasteiger partial charge < -0.3 is 0 Å². The molecule has 0 saturated carbocycles. The van der Waals surface area contributed by atoms with Crippen molar-refractivity contribution in [1.29, 1.82) is 0 Å². The van der Waals surface area contributed by atoms with Crippen molar-refractivity contribution in [2.75, 3.05) is 5.75 Å². The van der Waals surface area contributed by atoms with E-state index in [-0.39, 0.29) is 11.7 Å². The van der Waals surface area contributed by atoms with E-state index in [1.807, 2.05) is 39.0 Å². The Morgan fingerprint density at radius 3 is 2.67 bits per heavy atom. The topological polar surface area (TPSA) is 67.2 Å². The molecule has 0 aliphatic heterocycles. The fourth-order valence-electron chi connectivity index (χ4n) is 1.61. The van der Waals surface area contributed by atoms with E-state index in [0.717, 1.165) is 16.3 Å². The summed E-state index contributed by atoms with van der Waals surface area (Å²) in [4.78, 5) is 22.5. The molecular weight excluding hydrogens is 304 g/mol. The number of nitrogens with one attached hydrogen (secondary N) is 1. The zero-order valence-corrected chi connectivity index (χ0v) is 13.7.